The van der Waals surface area contributed by atoms with Crippen LogP contribution in [0.4, 0.5) is 0 Å². The van der Waals surface area contributed by atoms with Gasteiger partial charge in [0.25, 0.3) is 0 Å². The van der Waals surface area contributed by atoms with E-state index in [4.69, 9.17) is 4.42 Å². The monoisotopic (exact) mass is 252 g/mol. The normalized spacial score (nSPS) is 12.0. The zero-order valence-electron chi connectivity index (χ0n) is 12.5. The van der Waals surface area contributed by atoms with Crippen molar-refractivity contribution < 1.29 is 4.42 Å². The molecule has 0 saturated carbocycles. The lowest BCUT2D eigenvalue weighted by atomic mass is 10.2. The molecule has 0 aliphatic rings. The quantitative estimate of drug-likeness (QED) is 0.770. The summed E-state index contributed by atoms with van der Waals surface area (Å²) in [5.74, 6) is 1.75. The summed E-state index contributed by atoms with van der Waals surface area (Å²) in [4.78, 5) is 2.39. The van der Waals surface area contributed by atoms with Gasteiger partial charge in [-0.2, -0.15) is 0 Å². The summed E-state index contributed by atoms with van der Waals surface area (Å²) in [5.41, 5.74) is 1.24. The van der Waals surface area contributed by atoms with Crippen LogP contribution in [0.3, 0.4) is 0 Å². The minimum Gasteiger partial charge on any atom is -0.468 e. The molecule has 0 fully saturated rings. The van der Waals surface area contributed by atoms with Crippen LogP contribution in [0.5, 0.6) is 0 Å². The molecule has 0 aromatic carbocycles. The van der Waals surface area contributed by atoms with Gasteiger partial charge in [-0.1, -0.05) is 20.8 Å². The molecule has 3 heteroatoms. The van der Waals surface area contributed by atoms with Crippen LogP contribution < -0.4 is 5.32 Å². The molecule has 0 radical (unpaired) electrons. The summed E-state index contributed by atoms with van der Waals surface area (Å²) < 4.78 is 5.62. The Balaban J connectivity index is 2.42. The van der Waals surface area contributed by atoms with E-state index >= 15 is 0 Å². The van der Waals surface area contributed by atoms with Crippen LogP contribution in [0.1, 0.15) is 45.9 Å². The Hall–Kier alpha value is -0.800. The molecule has 104 valence electrons. The maximum absolute atomic E-state index is 5.62. The molecular weight excluding hydrogens is 224 g/mol. The first-order chi connectivity index (χ1) is 8.52. The van der Waals surface area contributed by atoms with Gasteiger partial charge in [0, 0.05) is 18.2 Å². The minimum absolute atomic E-state index is 0.558. The van der Waals surface area contributed by atoms with Gasteiger partial charge in [-0.25, -0.2) is 0 Å². The van der Waals surface area contributed by atoms with Gasteiger partial charge in [0.15, 0.2) is 0 Å². The van der Waals surface area contributed by atoms with Crippen molar-refractivity contribution in [3.63, 3.8) is 0 Å². The van der Waals surface area contributed by atoms with E-state index in [1.54, 1.807) is 0 Å². The Morgan fingerprint density at radius 1 is 1.28 bits per heavy atom. The second-order valence-electron chi connectivity index (χ2n) is 5.60. The predicted molar refractivity (Wildman–Crippen MR) is 76.5 cm³/mol. The molecule has 1 N–H and O–H groups in total. The predicted octanol–water partition coefficient (Wildman–Crippen LogP) is 3.26. The molecular formula is C15H28N2O. The Morgan fingerprint density at radius 2 is 2.00 bits per heavy atom. The van der Waals surface area contributed by atoms with Crippen molar-refractivity contribution >= 4 is 0 Å². The highest BCUT2D eigenvalue weighted by Crippen LogP contribution is 2.12. The van der Waals surface area contributed by atoms with Crippen molar-refractivity contribution in [2.24, 2.45) is 5.92 Å². The van der Waals surface area contributed by atoms with Crippen molar-refractivity contribution in [1.29, 1.82) is 0 Å². The molecule has 0 unspecified atom stereocenters. The molecule has 18 heavy (non-hydrogen) atoms. The van der Waals surface area contributed by atoms with Gasteiger partial charge in [-0.15, -0.1) is 0 Å². The summed E-state index contributed by atoms with van der Waals surface area (Å²) >= 11 is 0. The molecule has 0 bridgehead atoms. The fourth-order valence-electron chi connectivity index (χ4n) is 1.97. The van der Waals surface area contributed by atoms with Crippen LogP contribution in [0.2, 0.25) is 0 Å². The van der Waals surface area contributed by atoms with E-state index in [1.807, 2.05) is 6.26 Å². The zero-order valence-corrected chi connectivity index (χ0v) is 12.5. The number of nitrogens with one attached hydrogen (secondary N) is 1. The minimum atomic E-state index is 0.558. The van der Waals surface area contributed by atoms with Gasteiger partial charge in [0.05, 0.1) is 12.8 Å². The summed E-state index contributed by atoms with van der Waals surface area (Å²) in [7, 11) is 0. The Labute approximate surface area is 112 Å². The highest BCUT2D eigenvalue weighted by Gasteiger charge is 2.10. The van der Waals surface area contributed by atoms with Gasteiger partial charge >= 0.3 is 0 Å². The van der Waals surface area contributed by atoms with E-state index in [0.29, 0.717) is 12.0 Å². The number of hydrogen-bond acceptors (Lipinski definition) is 3. The van der Waals surface area contributed by atoms with Gasteiger partial charge in [-0.05, 0) is 38.9 Å². The third-order valence-electron chi connectivity index (χ3n) is 3.09. The Bertz CT molecular complexity index is 331. The molecule has 3 nitrogen and oxygen atoms in total. The van der Waals surface area contributed by atoms with Crippen LogP contribution in [-0.4, -0.2) is 24.0 Å². The average molecular weight is 252 g/mol. The third kappa shape index (κ3) is 5.23. The van der Waals surface area contributed by atoms with Crippen LogP contribution in [0.25, 0.3) is 0 Å². The first kappa shape index (κ1) is 15.3. The van der Waals surface area contributed by atoms with E-state index in [0.717, 1.165) is 31.9 Å². The van der Waals surface area contributed by atoms with E-state index < -0.39 is 0 Å². The van der Waals surface area contributed by atoms with Crippen molar-refractivity contribution in [2.75, 3.05) is 13.1 Å². The number of nitrogens with zero attached hydrogens (tertiary/aromatic N) is 1. The molecule has 0 spiro atoms. The Kier molecular flexibility index (Phi) is 6.44. The largest absolute Gasteiger partial charge is 0.468 e. The topological polar surface area (TPSA) is 28.4 Å². The Morgan fingerprint density at radius 3 is 2.56 bits per heavy atom. The highest BCUT2D eigenvalue weighted by molar-refractivity contribution is 5.12. The van der Waals surface area contributed by atoms with E-state index in [1.165, 1.54) is 5.56 Å². The van der Waals surface area contributed by atoms with Crippen molar-refractivity contribution in [3.05, 3.63) is 23.7 Å². The third-order valence-corrected chi connectivity index (χ3v) is 3.09. The smallest absolute Gasteiger partial charge is 0.118 e. The molecule has 1 aromatic heterocycles. The molecule has 1 rings (SSSR count). The van der Waals surface area contributed by atoms with Gasteiger partial charge in [-0.3, -0.25) is 4.90 Å². The maximum atomic E-state index is 5.62. The first-order valence-electron chi connectivity index (χ1n) is 7.04. The van der Waals surface area contributed by atoms with Crippen LogP contribution in [0.15, 0.2) is 16.7 Å². The molecule has 0 aliphatic carbocycles. The lowest BCUT2D eigenvalue weighted by molar-refractivity contribution is 0.207. The summed E-state index contributed by atoms with van der Waals surface area (Å²) in [6.45, 7) is 15.0. The van der Waals surface area contributed by atoms with Crippen LogP contribution >= 0.6 is 0 Å². The molecule has 0 amide bonds. The van der Waals surface area contributed by atoms with Crippen molar-refractivity contribution in [3.8, 4) is 0 Å². The highest BCUT2D eigenvalue weighted by atomic mass is 16.3. The van der Waals surface area contributed by atoms with Crippen LogP contribution in [-0.2, 0) is 13.1 Å². The van der Waals surface area contributed by atoms with E-state index in [2.05, 4.69) is 50.9 Å². The fourth-order valence-corrected chi connectivity index (χ4v) is 1.97. The summed E-state index contributed by atoms with van der Waals surface area (Å²) in [6.07, 6.45) is 1.87. The molecule has 0 aliphatic heterocycles. The molecule has 0 saturated heterocycles. The average Bonchev–Trinajstić information content (AvgIpc) is 2.72. The summed E-state index contributed by atoms with van der Waals surface area (Å²) in [5, 5.41) is 3.43. The lowest BCUT2D eigenvalue weighted by Gasteiger charge is -2.23. The standard InChI is InChI=1S/C15H28N2O/c1-6-17(13(4)5)10-15-7-14(11-18-15)9-16-8-12(2)3/h7,11-13,16H,6,8-10H2,1-5H3. The first-order valence-corrected chi connectivity index (χ1v) is 7.04. The molecule has 1 aromatic rings. The number of hydrogen-bond donors (Lipinski definition) is 1. The van der Waals surface area contributed by atoms with Gasteiger partial charge < -0.3 is 9.73 Å². The number of furan rings is 1. The lowest BCUT2D eigenvalue weighted by Crippen LogP contribution is -2.29. The van der Waals surface area contributed by atoms with Crippen molar-refractivity contribution in [1.82, 2.24) is 10.2 Å². The van der Waals surface area contributed by atoms with Gasteiger partial charge in [0.1, 0.15) is 5.76 Å². The molecule has 1 heterocycles. The van der Waals surface area contributed by atoms with E-state index in [-0.39, 0.29) is 0 Å². The molecule has 0 atom stereocenters. The SMILES string of the molecule is CCN(Cc1cc(CNCC(C)C)co1)C(C)C. The van der Waals surface area contributed by atoms with Crippen molar-refractivity contribution in [2.45, 2.75) is 53.8 Å². The van der Waals surface area contributed by atoms with Crippen LogP contribution in [0, 0.1) is 5.92 Å². The van der Waals surface area contributed by atoms with E-state index in [9.17, 15) is 0 Å². The second-order valence-corrected chi connectivity index (χ2v) is 5.60. The zero-order chi connectivity index (χ0) is 13.5. The number of rotatable bonds is 8. The fraction of sp³-hybridized carbons (Fsp3) is 0.733. The summed E-state index contributed by atoms with van der Waals surface area (Å²) in [6, 6.07) is 2.72. The second kappa shape index (κ2) is 7.59. The maximum Gasteiger partial charge on any atom is 0.118 e. The van der Waals surface area contributed by atoms with Gasteiger partial charge in [0.2, 0.25) is 0 Å².